The first-order chi connectivity index (χ1) is 12.3. The highest BCUT2D eigenvalue weighted by molar-refractivity contribution is 7.89. The van der Waals surface area contributed by atoms with Gasteiger partial charge in [-0.1, -0.05) is 5.16 Å². The largest absolute Gasteiger partial charge is 0.334 e. The maximum absolute atomic E-state index is 14.3. The lowest BCUT2D eigenvalue weighted by atomic mass is 10.2. The van der Waals surface area contributed by atoms with E-state index in [0.717, 1.165) is 19.2 Å². The Balaban J connectivity index is 1.93. The highest BCUT2D eigenvalue weighted by Gasteiger charge is 2.27. The number of benzene rings is 1. The number of halogens is 1. The predicted octanol–water partition coefficient (Wildman–Crippen LogP) is 1.14. The Morgan fingerprint density at radius 2 is 2.19 bits per heavy atom. The van der Waals surface area contributed by atoms with E-state index in [1.165, 1.54) is 12.1 Å². The van der Waals surface area contributed by atoms with Gasteiger partial charge in [-0.3, -0.25) is 4.90 Å². The Morgan fingerprint density at radius 3 is 2.88 bits per heavy atom. The second kappa shape index (κ2) is 7.39. The van der Waals surface area contributed by atoms with Crippen molar-refractivity contribution in [3.63, 3.8) is 0 Å². The van der Waals surface area contributed by atoms with Crippen LogP contribution in [-0.2, 0) is 10.0 Å². The second-order valence-corrected chi connectivity index (χ2v) is 8.29. The molecule has 2 N–H and O–H groups in total. The number of rotatable bonds is 5. The third-order valence-corrected chi connectivity index (χ3v) is 5.78. The highest BCUT2D eigenvalue weighted by Crippen LogP contribution is 2.27. The van der Waals surface area contributed by atoms with Crippen LogP contribution in [0.4, 0.5) is 4.39 Å². The van der Waals surface area contributed by atoms with Crippen molar-refractivity contribution in [2.24, 2.45) is 0 Å². The average Bonchev–Trinajstić information content (AvgIpc) is 3.04. The van der Waals surface area contributed by atoms with E-state index in [2.05, 4.69) is 25.1 Å². The Kier molecular flexibility index (Phi) is 5.37. The number of likely N-dealkylation sites (N-methyl/N-ethyl adjacent to an activating group) is 1. The Bertz CT molecular complexity index is 884. The van der Waals surface area contributed by atoms with E-state index < -0.39 is 15.8 Å². The van der Waals surface area contributed by atoms with Crippen molar-refractivity contribution in [2.75, 3.05) is 26.7 Å². The summed E-state index contributed by atoms with van der Waals surface area (Å²) in [6, 6.07) is 3.14. The van der Waals surface area contributed by atoms with E-state index in [4.69, 9.17) is 4.52 Å². The van der Waals surface area contributed by atoms with Gasteiger partial charge in [0.05, 0.1) is 16.5 Å². The Hall–Kier alpha value is -1.88. The zero-order chi connectivity index (χ0) is 18.9. The van der Waals surface area contributed by atoms with Crippen molar-refractivity contribution in [3.05, 3.63) is 29.8 Å². The van der Waals surface area contributed by atoms with Crippen LogP contribution in [0.25, 0.3) is 11.5 Å². The van der Waals surface area contributed by atoms with E-state index in [1.54, 1.807) is 13.8 Å². The van der Waals surface area contributed by atoms with Crippen molar-refractivity contribution < 1.29 is 17.3 Å². The van der Waals surface area contributed by atoms with Gasteiger partial charge in [-0.2, -0.15) is 4.98 Å². The van der Waals surface area contributed by atoms with E-state index in [0.29, 0.717) is 12.4 Å². The van der Waals surface area contributed by atoms with Gasteiger partial charge in [0, 0.05) is 25.7 Å². The molecular formula is C16H22FN5O3S. The van der Waals surface area contributed by atoms with Gasteiger partial charge in [0.2, 0.25) is 10.0 Å². The van der Waals surface area contributed by atoms with Crippen LogP contribution in [-0.4, -0.2) is 56.2 Å². The molecule has 8 nitrogen and oxygen atoms in total. The van der Waals surface area contributed by atoms with Crippen molar-refractivity contribution >= 4 is 10.0 Å². The molecule has 1 aliphatic rings. The van der Waals surface area contributed by atoms with Crippen LogP contribution < -0.4 is 10.0 Å². The maximum atomic E-state index is 14.3. The number of nitrogens with zero attached hydrogens (tertiary/aromatic N) is 3. The average molecular weight is 383 g/mol. The number of sulfonamides is 1. The number of nitrogens with one attached hydrogen (secondary N) is 2. The quantitative estimate of drug-likeness (QED) is 0.798. The molecule has 3 rings (SSSR count). The van der Waals surface area contributed by atoms with Crippen LogP contribution in [0.5, 0.6) is 0 Å². The van der Waals surface area contributed by atoms with Gasteiger partial charge >= 0.3 is 0 Å². The minimum Gasteiger partial charge on any atom is -0.334 e. The predicted molar refractivity (Wildman–Crippen MR) is 93.4 cm³/mol. The smallest absolute Gasteiger partial charge is 0.261 e. The molecule has 0 spiro atoms. The number of hydrogen-bond donors (Lipinski definition) is 2. The summed E-state index contributed by atoms with van der Waals surface area (Å²) < 4.78 is 46.6. The highest BCUT2D eigenvalue weighted by atomic mass is 32.2. The molecule has 1 aliphatic heterocycles. The molecule has 0 radical (unpaired) electrons. The molecule has 0 amide bonds. The van der Waals surface area contributed by atoms with Crippen LogP contribution in [0.1, 0.15) is 25.7 Å². The summed E-state index contributed by atoms with van der Waals surface area (Å²) in [6.45, 7) is 5.78. The van der Waals surface area contributed by atoms with E-state index in [9.17, 15) is 12.8 Å². The number of hydrogen-bond acceptors (Lipinski definition) is 7. The van der Waals surface area contributed by atoms with E-state index >= 15 is 0 Å². The summed E-state index contributed by atoms with van der Waals surface area (Å²) >= 11 is 0. The molecule has 0 bridgehead atoms. The molecule has 1 unspecified atom stereocenters. The van der Waals surface area contributed by atoms with Crippen molar-refractivity contribution in [1.29, 1.82) is 0 Å². The molecule has 26 heavy (non-hydrogen) atoms. The maximum Gasteiger partial charge on any atom is 0.261 e. The van der Waals surface area contributed by atoms with Crippen LogP contribution in [0, 0.1) is 5.82 Å². The number of aromatic nitrogens is 2. The molecule has 1 aromatic carbocycles. The van der Waals surface area contributed by atoms with Crippen molar-refractivity contribution in [3.8, 4) is 11.5 Å². The summed E-state index contributed by atoms with van der Waals surface area (Å²) in [7, 11) is -1.80. The van der Waals surface area contributed by atoms with Gasteiger partial charge in [0.15, 0.2) is 5.82 Å². The fraction of sp³-hybridized carbons (Fsp3) is 0.500. The van der Waals surface area contributed by atoms with Gasteiger partial charge < -0.3 is 9.84 Å². The van der Waals surface area contributed by atoms with E-state index in [1.807, 2.05) is 7.05 Å². The number of piperazine rings is 1. The lowest BCUT2D eigenvalue weighted by molar-refractivity contribution is 0.190. The van der Waals surface area contributed by atoms with Crippen molar-refractivity contribution in [1.82, 2.24) is 25.1 Å². The summed E-state index contributed by atoms with van der Waals surface area (Å²) in [4.78, 5) is 6.31. The Morgan fingerprint density at radius 1 is 1.42 bits per heavy atom. The first-order valence-electron chi connectivity index (χ1n) is 8.35. The Labute approximate surface area is 151 Å². The topological polar surface area (TPSA) is 100 Å². The summed E-state index contributed by atoms with van der Waals surface area (Å²) in [5.74, 6) is -0.237. The molecular weight excluding hydrogens is 361 g/mol. The van der Waals surface area contributed by atoms with Crippen molar-refractivity contribution in [2.45, 2.75) is 30.8 Å². The fourth-order valence-electron chi connectivity index (χ4n) is 2.79. The zero-order valence-electron chi connectivity index (χ0n) is 14.9. The van der Waals surface area contributed by atoms with Gasteiger partial charge in [-0.05, 0) is 39.1 Å². The molecule has 1 aromatic heterocycles. The van der Waals surface area contributed by atoms with Crippen LogP contribution in [0.3, 0.4) is 0 Å². The standard InChI is InChI=1S/C16H22FN5O3S/c1-10(2)21-26(23,24)11-4-5-13(17)12(8-11)16-19-15(20-25-16)14-9-18-6-7-22(14)3/h4-5,8,10,14,18,21H,6-7,9H2,1-3H3. The molecule has 0 aliphatic carbocycles. The summed E-state index contributed by atoms with van der Waals surface area (Å²) in [6.07, 6.45) is 0. The molecule has 0 saturated carbocycles. The molecule has 1 fully saturated rings. The first kappa shape index (κ1) is 18.9. The minimum atomic E-state index is -3.75. The first-order valence-corrected chi connectivity index (χ1v) is 9.83. The van der Waals surface area contributed by atoms with Crippen LogP contribution in [0.15, 0.2) is 27.6 Å². The normalized spacial score (nSPS) is 19.2. The molecule has 10 heteroatoms. The summed E-state index contributed by atoms with van der Waals surface area (Å²) in [5.41, 5.74) is -0.0400. The lowest BCUT2D eigenvalue weighted by Gasteiger charge is -2.30. The minimum absolute atomic E-state index is 0.0400. The molecule has 142 valence electrons. The molecule has 1 atom stereocenters. The third-order valence-electron chi connectivity index (χ3n) is 4.12. The molecule has 1 saturated heterocycles. The second-order valence-electron chi connectivity index (χ2n) is 6.58. The van der Waals surface area contributed by atoms with E-state index in [-0.39, 0.29) is 28.4 Å². The van der Waals surface area contributed by atoms with Gasteiger partial charge in [-0.15, -0.1) is 0 Å². The lowest BCUT2D eigenvalue weighted by Crippen LogP contribution is -2.44. The van der Waals surface area contributed by atoms with Crippen LogP contribution >= 0.6 is 0 Å². The molecule has 2 heterocycles. The molecule has 2 aromatic rings. The SMILES string of the molecule is CC(C)NS(=O)(=O)c1ccc(F)c(-c2nc(C3CNCCN3C)no2)c1. The van der Waals surface area contributed by atoms with Crippen LogP contribution in [0.2, 0.25) is 0 Å². The van der Waals surface area contributed by atoms with Gasteiger partial charge in [0.25, 0.3) is 5.89 Å². The monoisotopic (exact) mass is 383 g/mol. The van der Waals surface area contributed by atoms with Gasteiger partial charge in [0.1, 0.15) is 5.82 Å². The zero-order valence-corrected chi connectivity index (χ0v) is 15.7. The fourth-order valence-corrected chi connectivity index (χ4v) is 4.06. The van der Waals surface area contributed by atoms with Gasteiger partial charge in [-0.25, -0.2) is 17.5 Å². The third kappa shape index (κ3) is 3.93. The summed E-state index contributed by atoms with van der Waals surface area (Å²) in [5, 5.41) is 7.19.